The molecular weight excluding hydrogens is 234 g/mol. The van der Waals surface area contributed by atoms with E-state index in [-0.39, 0.29) is 0 Å². The Hall–Kier alpha value is -1.77. The average molecular weight is 255 g/mol. The Bertz CT molecular complexity index is 575. The molecule has 1 aromatic heterocycles. The molecule has 0 bridgehead atoms. The van der Waals surface area contributed by atoms with E-state index in [1.165, 1.54) is 30.3 Å². The van der Waals surface area contributed by atoms with Crippen molar-refractivity contribution in [1.29, 1.82) is 0 Å². The van der Waals surface area contributed by atoms with Crippen LogP contribution in [-0.2, 0) is 0 Å². The number of nitrogens with two attached hydrogens (primary N) is 1. The Balaban J connectivity index is 2.00. The summed E-state index contributed by atoms with van der Waals surface area (Å²) in [7, 11) is 0. The van der Waals surface area contributed by atoms with Crippen LogP contribution in [0.15, 0.2) is 30.6 Å². The van der Waals surface area contributed by atoms with Gasteiger partial charge in [-0.2, -0.15) is 0 Å². The van der Waals surface area contributed by atoms with Crippen LogP contribution in [0.25, 0.3) is 10.8 Å². The van der Waals surface area contributed by atoms with Crippen LogP contribution in [0.5, 0.6) is 0 Å². The molecule has 1 aliphatic carbocycles. The Morgan fingerprint density at radius 3 is 2.79 bits per heavy atom. The van der Waals surface area contributed by atoms with Gasteiger partial charge in [0.25, 0.3) is 0 Å². The van der Waals surface area contributed by atoms with Crippen LogP contribution in [0, 0.1) is 5.92 Å². The Labute approximate surface area is 114 Å². The zero-order valence-electron chi connectivity index (χ0n) is 11.5. The lowest BCUT2D eigenvalue weighted by Gasteiger charge is -2.33. The zero-order valence-corrected chi connectivity index (χ0v) is 11.5. The number of nitrogen functional groups attached to an aromatic ring is 1. The van der Waals surface area contributed by atoms with Crippen molar-refractivity contribution in [1.82, 2.24) is 4.98 Å². The maximum atomic E-state index is 6.05. The van der Waals surface area contributed by atoms with Crippen molar-refractivity contribution in [3.63, 3.8) is 0 Å². The summed E-state index contributed by atoms with van der Waals surface area (Å²) in [4.78, 5) is 6.67. The van der Waals surface area contributed by atoms with Crippen LogP contribution >= 0.6 is 0 Å². The highest BCUT2D eigenvalue weighted by molar-refractivity contribution is 6.00. The highest BCUT2D eigenvalue weighted by Gasteiger charge is 2.21. The molecule has 0 amide bonds. The van der Waals surface area contributed by atoms with Crippen LogP contribution in [0.2, 0.25) is 0 Å². The number of benzene rings is 1. The monoisotopic (exact) mass is 255 g/mol. The molecule has 1 heterocycles. The van der Waals surface area contributed by atoms with Gasteiger partial charge in [0.05, 0.1) is 0 Å². The number of nitrogens with zero attached hydrogens (tertiary/aromatic N) is 2. The molecule has 100 valence electrons. The molecule has 1 saturated carbocycles. The number of hydrogen-bond donors (Lipinski definition) is 1. The molecule has 3 rings (SSSR count). The van der Waals surface area contributed by atoms with Crippen LogP contribution < -0.4 is 10.6 Å². The number of anilines is 2. The molecule has 2 N–H and O–H groups in total. The maximum Gasteiger partial charge on any atom is 0.0448 e. The van der Waals surface area contributed by atoms with Gasteiger partial charge in [-0.15, -0.1) is 0 Å². The largest absolute Gasteiger partial charge is 0.398 e. The summed E-state index contributed by atoms with van der Waals surface area (Å²) in [5.74, 6) is 0.870. The van der Waals surface area contributed by atoms with E-state index in [0.717, 1.165) is 30.1 Å². The minimum Gasteiger partial charge on any atom is -0.398 e. The second-order valence-electron chi connectivity index (χ2n) is 5.43. The number of hydrogen-bond acceptors (Lipinski definition) is 3. The topological polar surface area (TPSA) is 42.1 Å². The predicted octanol–water partition coefficient (Wildman–Crippen LogP) is 3.44. The van der Waals surface area contributed by atoms with E-state index < -0.39 is 0 Å². The number of pyridine rings is 1. The molecule has 19 heavy (non-hydrogen) atoms. The van der Waals surface area contributed by atoms with Crippen LogP contribution in [0.1, 0.15) is 26.2 Å². The Morgan fingerprint density at radius 1 is 1.26 bits per heavy atom. The summed E-state index contributed by atoms with van der Waals surface area (Å²) in [5, 5.41) is 2.28. The van der Waals surface area contributed by atoms with Crippen molar-refractivity contribution in [3.8, 4) is 0 Å². The smallest absolute Gasteiger partial charge is 0.0448 e. The van der Waals surface area contributed by atoms with Gasteiger partial charge in [-0.3, -0.25) is 4.98 Å². The summed E-state index contributed by atoms with van der Waals surface area (Å²) in [6, 6.07) is 6.23. The molecule has 0 atom stereocenters. The van der Waals surface area contributed by atoms with E-state index in [9.17, 15) is 0 Å². The fraction of sp³-hybridized carbons (Fsp3) is 0.438. The number of rotatable bonds is 4. The zero-order chi connectivity index (χ0) is 13.2. The van der Waals surface area contributed by atoms with Gasteiger partial charge in [-0.05, 0) is 43.9 Å². The van der Waals surface area contributed by atoms with Crippen molar-refractivity contribution in [2.75, 3.05) is 23.7 Å². The van der Waals surface area contributed by atoms with Gasteiger partial charge in [0.1, 0.15) is 0 Å². The normalized spacial score (nSPS) is 15.4. The molecule has 1 aromatic carbocycles. The SMILES string of the molecule is CCN(CC1CCC1)c1ccc(N)c2cnccc12. The Morgan fingerprint density at radius 2 is 2.11 bits per heavy atom. The van der Waals surface area contributed by atoms with Gasteiger partial charge in [0.15, 0.2) is 0 Å². The molecule has 0 radical (unpaired) electrons. The lowest BCUT2D eigenvalue weighted by molar-refractivity contribution is 0.319. The third kappa shape index (κ3) is 2.25. The lowest BCUT2D eigenvalue weighted by atomic mass is 9.85. The highest BCUT2D eigenvalue weighted by atomic mass is 15.1. The van der Waals surface area contributed by atoms with Gasteiger partial charge in [0, 0.05) is 47.6 Å². The molecule has 0 aliphatic heterocycles. The molecule has 0 saturated heterocycles. The second kappa shape index (κ2) is 5.08. The first-order chi connectivity index (χ1) is 9.29. The minimum absolute atomic E-state index is 0.812. The van der Waals surface area contributed by atoms with Gasteiger partial charge in [-0.1, -0.05) is 6.42 Å². The average Bonchev–Trinajstić information content (AvgIpc) is 2.40. The molecule has 1 fully saturated rings. The first kappa shape index (κ1) is 12.3. The standard InChI is InChI=1S/C16H21N3/c1-2-19(11-12-4-3-5-12)16-7-6-15(17)14-10-18-9-8-13(14)16/h6-10,12H,2-5,11,17H2,1H3. The molecule has 3 heteroatoms. The van der Waals surface area contributed by atoms with Crippen LogP contribution in [-0.4, -0.2) is 18.1 Å². The lowest BCUT2D eigenvalue weighted by Crippen LogP contribution is -2.32. The molecule has 0 unspecified atom stereocenters. The fourth-order valence-electron chi connectivity index (χ4n) is 2.86. The van der Waals surface area contributed by atoms with E-state index in [1.807, 2.05) is 18.5 Å². The molecule has 1 aliphatic rings. The molecular formula is C16H21N3. The van der Waals surface area contributed by atoms with Crippen molar-refractivity contribution < 1.29 is 0 Å². The van der Waals surface area contributed by atoms with Crippen molar-refractivity contribution in [3.05, 3.63) is 30.6 Å². The maximum absolute atomic E-state index is 6.05. The third-order valence-corrected chi connectivity index (χ3v) is 4.25. The van der Waals surface area contributed by atoms with Crippen LogP contribution in [0.4, 0.5) is 11.4 Å². The second-order valence-corrected chi connectivity index (χ2v) is 5.43. The minimum atomic E-state index is 0.812. The third-order valence-electron chi connectivity index (χ3n) is 4.25. The van der Waals surface area contributed by atoms with Gasteiger partial charge in [-0.25, -0.2) is 0 Å². The predicted molar refractivity (Wildman–Crippen MR) is 81.4 cm³/mol. The molecule has 0 spiro atoms. The fourth-order valence-corrected chi connectivity index (χ4v) is 2.86. The summed E-state index contributed by atoms with van der Waals surface area (Å²) >= 11 is 0. The number of fused-ring (bicyclic) bond motifs is 1. The van der Waals surface area contributed by atoms with Crippen molar-refractivity contribution in [2.24, 2.45) is 5.92 Å². The van der Waals surface area contributed by atoms with E-state index in [2.05, 4.69) is 28.9 Å². The van der Waals surface area contributed by atoms with E-state index >= 15 is 0 Å². The van der Waals surface area contributed by atoms with Crippen molar-refractivity contribution in [2.45, 2.75) is 26.2 Å². The van der Waals surface area contributed by atoms with E-state index in [0.29, 0.717) is 0 Å². The molecule has 3 nitrogen and oxygen atoms in total. The van der Waals surface area contributed by atoms with E-state index in [4.69, 9.17) is 5.73 Å². The summed E-state index contributed by atoms with van der Waals surface area (Å²) in [6.07, 6.45) is 7.87. The van der Waals surface area contributed by atoms with E-state index in [1.54, 1.807) is 0 Å². The number of aromatic nitrogens is 1. The Kier molecular flexibility index (Phi) is 3.28. The molecule has 2 aromatic rings. The summed E-state index contributed by atoms with van der Waals surface area (Å²) in [5.41, 5.74) is 8.15. The summed E-state index contributed by atoms with van der Waals surface area (Å²) < 4.78 is 0. The quantitative estimate of drug-likeness (QED) is 0.851. The first-order valence-electron chi connectivity index (χ1n) is 7.16. The van der Waals surface area contributed by atoms with Crippen molar-refractivity contribution >= 4 is 22.1 Å². The van der Waals surface area contributed by atoms with Crippen LogP contribution in [0.3, 0.4) is 0 Å². The highest BCUT2D eigenvalue weighted by Crippen LogP contribution is 2.33. The first-order valence-corrected chi connectivity index (χ1v) is 7.16. The van der Waals surface area contributed by atoms with Gasteiger partial charge in [0.2, 0.25) is 0 Å². The summed E-state index contributed by atoms with van der Waals surface area (Å²) in [6.45, 7) is 4.43. The van der Waals surface area contributed by atoms with Gasteiger partial charge >= 0.3 is 0 Å². The van der Waals surface area contributed by atoms with Gasteiger partial charge < -0.3 is 10.6 Å².